The van der Waals surface area contributed by atoms with Crippen molar-refractivity contribution in [3.05, 3.63) is 24.6 Å². The van der Waals surface area contributed by atoms with Crippen molar-refractivity contribution in [2.24, 2.45) is 0 Å². The Morgan fingerprint density at radius 3 is 2.50 bits per heavy atom. The highest BCUT2D eigenvalue weighted by Gasteiger charge is 2.22. The Hall–Kier alpha value is 0.430. The fourth-order valence-corrected chi connectivity index (χ4v) is 2.09. The first-order valence-corrected chi connectivity index (χ1v) is 5.80. The first-order chi connectivity index (χ1) is 6.45. The number of carbonyl (C=O) groups excluding carboxylic acids is 1. The average Bonchev–Trinajstić information content (AvgIpc) is 2.08. The van der Waals surface area contributed by atoms with E-state index in [1.807, 2.05) is 22.6 Å². The molecular weight excluding hydrogens is 441 g/mol. The maximum absolute atomic E-state index is 12.6. The van der Waals surface area contributed by atoms with Crippen LogP contribution in [0.15, 0.2) is 6.20 Å². The maximum Gasteiger partial charge on any atom is 0.265 e. The Morgan fingerprint density at radius 2 is 2.07 bits per heavy atom. The van der Waals surface area contributed by atoms with Crippen molar-refractivity contribution < 1.29 is 13.6 Å². The number of halogens is 5. The van der Waals surface area contributed by atoms with E-state index in [1.165, 1.54) is 0 Å². The predicted octanol–water partition coefficient (Wildman–Crippen LogP) is 3.61. The summed E-state index contributed by atoms with van der Waals surface area (Å²) < 4.78 is 25.9. The molecule has 0 radical (unpaired) electrons. The summed E-state index contributed by atoms with van der Waals surface area (Å²) in [4.78, 5) is 14.6. The molecule has 2 nitrogen and oxygen atoms in total. The van der Waals surface area contributed by atoms with Crippen LogP contribution in [0.5, 0.6) is 0 Å². The number of nitrogens with zero attached hydrogens (tertiary/aromatic N) is 1. The number of rotatable bonds is 2. The Labute approximate surface area is 111 Å². The largest absolute Gasteiger partial charge is 0.276 e. The molecule has 0 unspecified atom stereocenters. The summed E-state index contributed by atoms with van der Waals surface area (Å²) in [5.41, 5.74) is -0.573. The summed E-state index contributed by atoms with van der Waals surface area (Å²) in [5, 5.41) is -0.915. The molecule has 0 N–H and O–H groups in total. The molecule has 14 heavy (non-hydrogen) atoms. The smallest absolute Gasteiger partial charge is 0.265 e. The molecule has 0 aliphatic rings. The Balaban J connectivity index is 3.45. The van der Waals surface area contributed by atoms with Crippen molar-refractivity contribution >= 4 is 62.0 Å². The van der Waals surface area contributed by atoms with Gasteiger partial charge in [0.1, 0.15) is 3.70 Å². The number of carbonyl (C=O) groups is 1. The average molecular weight is 443 g/mol. The second-order valence-electron chi connectivity index (χ2n) is 2.26. The number of aromatic nitrogens is 1. The van der Waals surface area contributed by atoms with Gasteiger partial charge < -0.3 is 0 Å². The highest BCUT2D eigenvalue weighted by Crippen LogP contribution is 2.30. The number of hydrogen-bond donors (Lipinski definition) is 0. The fourth-order valence-electron chi connectivity index (χ4n) is 0.847. The second kappa shape index (κ2) is 4.97. The van der Waals surface area contributed by atoms with E-state index in [1.54, 1.807) is 22.6 Å². The van der Waals surface area contributed by atoms with Crippen molar-refractivity contribution in [3.8, 4) is 0 Å². The summed E-state index contributed by atoms with van der Waals surface area (Å²) in [7, 11) is 0. The molecule has 7 heteroatoms. The second-order valence-corrected chi connectivity index (χ2v) is 4.71. The van der Waals surface area contributed by atoms with E-state index in [0.717, 1.165) is 6.20 Å². The minimum atomic E-state index is -2.73. The van der Waals surface area contributed by atoms with Gasteiger partial charge in [0.2, 0.25) is 0 Å². The van der Waals surface area contributed by atoms with Crippen LogP contribution in [0.2, 0.25) is 0 Å². The van der Waals surface area contributed by atoms with Gasteiger partial charge in [-0.05, 0) is 56.8 Å². The fraction of sp³-hybridized carbons (Fsp3) is 0.143. The molecule has 1 heterocycles. The zero-order chi connectivity index (χ0) is 10.9. The normalized spacial score (nSPS) is 10.7. The lowest BCUT2D eigenvalue weighted by atomic mass is 10.1. The molecule has 76 valence electrons. The van der Waals surface area contributed by atoms with Crippen LogP contribution in [-0.4, -0.2) is 10.2 Å². The van der Waals surface area contributed by atoms with E-state index in [9.17, 15) is 13.6 Å². The SMILES string of the molecule is O=C(Cl)c1cnc(I)c(I)c1C(F)F. The molecule has 0 aromatic carbocycles. The maximum atomic E-state index is 12.6. The van der Waals surface area contributed by atoms with Crippen LogP contribution in [0.25, 0.3) is 0 Å². The van der Waals surface area contributed by atoms with Crippen LogP contribution in [0, 0.1) is 7.27 Å². The third kappa shape index (κ3) is 2.51. The molecule has 0 amide bonds. The quantitative estimate of drug-likeness (QED) is 0.397. The Morgan fingerprint density at radius 1 is 1.50 bits per heavy atom. The lowest BCUT2D eigenvalue weighted by molar-refractivity contribution is 0.106. The summed E-state index contributed by atoms with van der Waals surface area (Å²) in [6.07, 6.45) is -1.66. The number of alkyl halides is 2. The Kier molecular flexibility index (Phi) is 4.44. The lowest BCUT2D eigenvalue weighted by Gasteiger charge is -2.08. The molecule has 0 aliphatic heterocycles. The van der Waals surface area contributed by atoms with Gasteiger partial charge in [-0.3, -0.25) is 4.79 Å². The summed E-state index contributed by atoms with van der Waals surface area (Å²) in [6, 6.07) is 0. The monoisotopic (exact) mass is 443 g/mol. The molecule has 0 saturated carbocycles. The predicted molar refractivity (Wildman–Crippen MR) is 64.8 cm³/mol. The minimum absolute atomic E-state index is 0.230. The van der Waals surface area contributed by atoms with Gasteiger partial charge in [0.25, 0.3) is 11.7 Å². The molecule has 0 saturated heterocycles. The van der Waals surface area contributed by atoms with Crippen molar-refractivity contribution in [1.29, 1.82) is 0 Å². The van der Waals surface area contributed by atoms with Crippen molar-refractivity contribution in [1.82, 2.24) is 4.98 Å². The highest BCUT2D eigenvalue weighted by molar-refractivity contribution is 14.1. The van der Waals surface area contributed by atoms with Crippen LogP contribution < -0.4 is 0 Å². The summed E-state index contributed by atoms with van der Waals surface area (Å²) in [6.45, 7) is 0. The van der Waals surface area contributed by atoms with Gasteiger partial charge >= 0.3 is 0 Å². The topological polar surface area (TPSA) is 30.0 Å². The zero-order valence-corrected chi connectivity index (χ0v) is 11.5. The molecule has 1 aromatic rings. The van der Waals surface area contributed by atoms with Gasteiger partial charge in [0, 0.05) is 11.8 Å². The molecule has 0 bridgehead atoms. The van der Waals surface area contributed by atoms with E-state index in [0.29, 0.717) is 3.70 Å². The molecular formula is C7H2ClF2I2NO. The Bertz CT molecular complexity index is 386. The first-order valence-electron chi connectivity index (χ1n) is 3.27. The number of pyridine rings is 1. The van der Waals surface area contributed by atoms with Gasteiger partial charge in [-0.15, -0.1) is 0 Å². The standard InChI is InChI=1S/C7H2ClF2I2NO/c8-5(14)2-1-13-7(12)4(11)3(2)6(9)10/h1,6H. The van der Waals surface area contributed by atoms with Crippen molar-refractivity contribution in [3.63, 3.8) is 0 Å². The third-order valence-corrected chi connectivity index (χ3v) is 4.59. The molecule has 0 fully saturated rings. The lowest BCUT2D eigenvalue weighted by Crippen LogP contribution is -2.04. The third-order valence-electron chi connectivity index (χ3n) is 1.44. The van der Waals surface area contributed by atoms with Crippen LogP contribution in [0.1, 0.15) is 22.3 Å². The van der Waals surface area contributed by atoms with E-state index in [2.05, 4.69) is 4.98 Å². The van der Waals surface area contributed by atoms with Gasteiger partial charge in [-0.1, -0.05) is 0 Å². The van der Waals surface area contributed by atoms with Crippen molar-refractivity contribution in [2.45, 2.75) is 6.43 Å². The van der Waals surface area contributed by atoms with Crippen LogP contribution in [0.4, 0.5) is 8.78 Å². The van der Waals surface area contributed by atoms with E-state index in [4.69, 9.17) is 11.6 Å². The van der Waals surface area contributed by atoms with Gasteiger partial charge in [-0.25, -0.2) is 13.8 Å². The first kappa shape index (κ1) is 12.5. The van der Waals surface area contributed by atoms with E-state index >= 15 is 0 Å². The van der Waals surface area contributed by atoms with Crippen LogP contribution in [0.3, 0.4) is 0 Å². The molecule has 1 rings (SSSR count). The van der Waals surface area contributed by atoms with Gasteiger partial charge in [-0.2, -0.15) is 0 Å². The summed E-state index contributed by atoms with van der Waals surface area (Å²) >= 11 is 8.69. The minimum Gasteiger partial charge on any atom is -0.276 e. The highest BCUT2D eigenvalue weighted by atomic mass is 127. The van der Waals surface area contributed by atoms with Gasteiger partial charge in [0.05, 0.1) is 9.13 Å². The summed E-state index contributed by atoms with van der Waals surface area (Å²) in [5.74, 6) is 0. The van der Waals surface area contributed by atoms with E-state index < -0.39 is 11.7 Å². The molecule has 0 spiro atoms. The van der Waals surface area contributed by atoms with Crippen LogP contribution in [-0.2, 0) is 0 Å². The molecule has 1 aromatic heterocycles. The molecule has 0 aliphatic carbocycles. The van der Waals surface area contributed by atoms with Crippen molar-refractivity contribution in [2.75, 3.05) is 0 Å². The van der Waals surface area contributed by atoms with Crippen LogP contribution >= 0.6 is 56.8 Å². The van der Waals surface area contributed by atoms with Gasteiger partial charge in [0.15, 0.2) is 0 Å². The van der Waals surface area contributed by atoms with E-state index in [-0.39, 0.29) is 14.7 Å². The molecule has 0 atom stereocenters. The number of hydrogen-bond acceptors (Lipinski definition) is 2. The zero-order valence-electron chi connectivity index (χ0n) is 6.40.